The van der Waals surface area contributed by atoms with Crippen molar-refractivity contribution < 1.29 is 5.11 Å². The van der Waals surface area contributed by atoms with Gasteiger partial charge in [-0.05, 0) is 41.7 Å². The lowest BCUT2D eigenvalue weighted by Gasteiger charge is -2.05. The Balaban J connectivity index is 2.11. The van der Waals surface area contributed by atoms with Gasteiger partial charge in [0.05, 0.1) is 6.10 Å². The van der Waals surface area contributed by atoms with E-state index < -0.39 is 0 Å². The number of nitrogens with two attached hydrogens (primary N) is 1. The number of rotatable bonds is 5. The van der Waals surface area contributed by atoms with Crippen molar-refractivity contribution in [3.8, 4) is 0 Å². The molecule has 68 valence electrons. The minimum absolute atomic E-state index is 0.316. The third-order valence-electron chi connectivity index (χ3n) is 1.85. The van der Waals surface area contributed by atoms with Gasteiger partial charge in [0.2, 0.25) is 0 Å². The molecule has 12 heavy (non-hydrogen) atoms. The molecule has 1 atom stereocenters. The number of hydrogen-bond acceptors (Lipinski definition) is 3. The second-order valence-corrected chi connectivity index (χ2v) is 3.69. The van der Waals surface area contributed by atoms with E-state index in [1.807, 2.05) is 0 Å². The number of aliphatic hydroxyl groups excluding tert-OH is 1. The molecule has 0 spiro atoms. The molecule has 0 aromatic carbocycles. The third-order valence-corrected chi connectivity index (χ3v) is 2.59. The van der Waals surface area contributed by atoms with Gasteiger partial charge in [-0.15, -0.1) is 0 Å². The molecule has 1 rings (SSSR count). The Bertz CT molecular complexity index is 198. The van der Waals surface area contributed by atoms with Crippen LogP contribution in [0.4, 0.5) is 0 Å². The van der Waals surface area contributed by atoms with Crippen molar-refractivity contribution in [1.82, 2.24) is 0 Å². The van der Waals surface area contributed by atoms with Crippen molar-refractivity contribution in [2.45, 2.75) is 25.4 Å². The van der Waals surface area contributed by atoms with Gasteiger partial charge in [-0.3, -0.25) is 0 Å². The average Bonchev–Trinajstić information content (AvgIpc) is 2.57. The second-order valence-electron chi connectivity index (χ2n) is 2.91. The van der Waals surface area contributed by atoms with Crippen molar-refractivity contribution in [3.05, 3.63) is 22.4 Å². The van der Waals surface area contributed by atoms with E-state index in [1.54, 1.807) is 11.3 Å². The molecule has 1 aromatic heterocycles. The maximum Gasteiger partial charge on any atom is 0.0662 e. The molecule has 0 radical (unpaired) electrons. The van der Waals surface area contributed by atoms with E-state index in [2.05, 4.69) is 16.8 Å². The minimum Gasteiger partial charge on any atom is -0.392 e. The van der Waals surface area contributed by atoms with E-state index in [0.29, 0.717) is 6.54 Å². The molecule has 0 bridgehead atoms. The second kappa shape index (κ2) is 5.30. The smallest absolute Gasteiger partial charge is 0.0662 e. The Morgan fingerprint density at radius 1 is 1.58 bits per heavy atom. The van der Waals surface area contributed by atoms with Crippen molar-refractivity contribution in [1.29, 1.82) is 0 Å². The highest BCUT2D eigenvalue weighted by Gasteiger charge is 2.00. The fourth-order valence-corrected chi connectivity index (χ4v) is 1.80. The summed E-state index contributed by atoms with van der Waals surface area (Å²) in [5.74, 6) is 0. The van der Waals surface area contributed by atoms with Gasteiger partial charge in [-0.25, -0.2) is 0 Å². The summed E-state index contributed by atoms with van der Waals surface area (Å²) >= 11 is 1.72. The van der Waals surface area contributed by atoms with Crippen LogP contribution in [0.5, 0.6) is 0 Å². The Morgan fingerprint density at radius 3 is 3.00 bits per heavy atom. The van der Waals surface area contributed by atoms with Crippen molar-refractivity contribution in [2.24, 2.45) is 5.73 Å². The lowest BCUT2D eigenvalue weighted by Crippen LogP contribution is -2.19. The van der Waals surface area contributed by atoms with E-state index in [-0.39, 0.29) is 6.10 Å². The Hall–Kier alpha value is -0.380. The van der Waals surface area contributed by atoms with Crippen molar-refractivity contribution in [3.63, 3.8) is 0 Å². The van der Waals surface area contributed by atoms with Crippen LogP contribution >= 0.6 is 11.3 Å². The first-order chi connectivity index (χ1) is 5.83. The van der Waals surface area contributed by atoms with Gasteiger partial charge in [0.25, 0.3) is 0 Å². The Kier molecular flexibility index (Phi) is 4.29. The Labute approximate surface area is 77.0 Å². The SMILES string of the molecule is NCC(O)CCCc1ccsc1. The number of thiophene rings is 1. The first-order valence-corrected chi connectivity index (χ1v) is 5.16. The van der Waals surface area contributed by atoms with Gasteiger partial charge >= 0.3 is 0 Å². The molecule has 0 saturated heterocycles. The summed E-state index contributed by atoms with van der Waals surface area (Å²) in [6.07, 6.45) is 2.57. The first-order valence-electron chi connectivity index (χ1n) is 4.22. The van der Waals surface area contributed by atoms with Crippen molar-refractivity contribution >= 4 is 11.3 Å². The molecule has 1 aromatic rings. The molecule has 0 fully saturated rings. The van der Waals surface area contributed by atoms with Gasteiger partial charge in [-0.1, -0.05) is 0 Å². The normalized spacial score (nSPS) is 13.2. The van der Waals surface area contributed by atoms with Crippen molar-refractivity contribution in [2.75, 3.05) is 6.54 Å². The van der Waals surface area contributed by atoms with Gasteiger partial charge in [0.15, 0.2) is 0 Å². The summed E-state index contributed by atoms with van der Waals surface area (Å²) in [5.41, 5.74) is 6.65. The molecule has 1 heterocycles. The van der Waals surface area contributed by atoms with Crippen LogP contribution in [0.2, 0.25) is 0 Å². The van der Waals surface area contributed by atoms with Gasteiger partial charge in [0, 0.05) is 6.54 Å². The zero-order chi connectivity index (χ0) is 8.81. The molecular weight excluding hydrogens is 170 g/mol. The topological polar surface area (TPSA) is 46.2 Å². The molecule has 2 nitrogen and oxygen atoms in total. The maximum absolute atomic E-state index is 9.16. The molecule has 1 unspecified atom stereocenters. The highest BCUT2D eigenvalue weighted by Crippen LogP contribution is 2.10. The van der Waals surface area contributed by atoms with E-state index >= 15 is 0 Å². The molecule has 3 heteroatoms. The molecule has 0 saturated carbocycles. The zero-order valence-corrected chi connectivity index (χ0v) is 7.89. The predicted octanol–water partition coefficient (Wildman–Crippen LogP) is 1.39. The zero-order valence-electron chi connectivity index (χ0n) is 7.07. The monoisotopic (exact) mass is 185 g/mol. The summed E-state index contributed by atoms with van der Waals surface area (Å²) in [6, 6.07) is 2.12. The van der Waals surface area contributed by atoms with E-state index in [4.69, 9.17) is 10.8 Å². The quantitative estimate of drug-likeness (QED) is 0.728. The standard InChI is InChI=1S/C9H15NOS/c10-6-9(11)3-1-2-8-4-5-12-7-8/h4-5,7,9,11H,1-3,6,10H2. The van der Waals surface area contributed by atoms with Crippen LogP contribution in [0.25, 0.3) is 0 Å². The first kappa shape index (κ1) is 9.71. The number of aryl methyl sites for hydroxylation is 1. The number of hydrogen-bond donors (Lipinski definition) is 2. The van der Waals surface area contributed by atoms with Crippen LogP contribution in [0.3, 0.4) is 0 Å². The predicted molar refractivity (Wildman–Crippen MR) is 52.3 cm³/mol. The maximum atomic E-state index is 9.16. The molecule has 0 amide bonds. The van der Waals surface area contributed by atoms with Crippen LogP contribution in [0.1, 0.15) is 18.4 Å². The molecular formula is C9H15NOS. The van der Waals surface area contributed by atoms with Gasteiger partial charge in [-0.2, -0.15) is 11.3 Å². The lowest BCUT2D eigenvalue weighted by atomic mass is 10.1. The molecule has 0 aliphatic heterocycles. The van der Waals surface area contributed by atoms with Crippen LogP contribution in [-0.2, 0) is 6.42 Å². The average molecular weight is 185 g/mol. The van der Waals surface area contributed by atoms with Crippen LogP contribution < -0.4 is 5.73 Å². The molecule has 0 aliphatic rings. The largest absolute Gasteiger partial charge is 0.392 e. The summed E-state index contributed by atoms with van der Waals surface area (Å²) in [5, 5.41) is 13.4. The van der Waals surface area contributed by atoms with Crippen LogP contribution in [0.15, 0.2) is 16.8 Å². The van der Waals surface area contributed by atoms with Gasteiger partial charge < -0.3 is 10.8 Å². The minimum atomic E-state index is -0.316. The fraction of sp³-hybridized carbons (Fsp3) is 0.556. The summed E-state index contributed by atoms with van der Waals surface area (Å²) in [6.45, 7) is 0.379. The summed E-state index contributed by atoms with van der Waals surface area (Å²) in [7, 11) is 0. The fourth-order valence-electron chi connectivity index (χ4n) is 1.09. The van der Waals surface area contributed by atoms with E-state index in [0.717, 1.165) is 19.3 Å². The Morgan fingerprint density at radius 2 is 2.42 bits per heavy atom. The summed E-state index contributed by atoms with van der Waals surface area (Å²) < 4.78 is 0. The molecule has 3 N–H and O–H groups in total. The number of aliphatic hydroxyl groups is 1. The highest BCUT2D eigenvalue weighted by molar-refractivity contribution is 7.07. The lowest BCUT2D eigenvalue weighted by molar-refractivity contribution is 0.170. The van der Waals surface area contributed by atoms with Crippen LogP contribution in [0, 0.1) is 0 Å². The highest BCUT2D eigenvalue weighted by atomic mass is 32.1. The molecule has 0 aliphatic carbocycles. The van der Waals surface area contributed by atoms with E-state index in [1.165, 1.54) is 5.56 Å². The summed E-state index contributed by atoms with van der Waals surface area (Å²) in [4.78, 5) is 0. The van der Waals surface area contributed by atoms with Crippen LogP contribution in [-0.4, -0.2) is 17.8 Å². The van der Waals surface area contributed by atoms with Gasteiger partial charge in [0.1, 0.15) is 0 Å². The van der Waals surface area contributed by atoms with E-state index in [9.17, 15) is 0 Å². The third kappa shape index (κ3) is 3.34.